The van der Waals surface area contributed by atoms with E-state index in [0.717, 1.165) is 63.1 Å². The normalized spacial score (nSPS) is 25.0. The van der Waals surface area contributed by atoms with Gasteiger partial charge in [-0.3, -0.25) is 9.59 Å². The van der Waals surface area contributed by atoms with E-state index >= 15 is 0 Å². The summed E-state index contributed by atoms with van der Waals surface area (Å²) in [5, 5.41) is 0. The van der Waals surface area contributed by atoms with Crippen LogP contribution in [0.3, 0.4) is 0 Å². The van der Waals surface area contributed by atoms with Gasteiger partial charge in [-0.05, 0) is 32.1 Å². The number of likely N-dealkylation sites (tertiary alicyclic amines) is 2. The summed E-state index contributed by atoms with van der Waals surface area (Å²) >= 11 is 0. The summed E-state index contributed by atoms with van der Waals surface area (Å²) in [4.78, 5) is 41.0. The second kappa shape index (κ2) is 7.31. The van der Waals surface area contributed by atoms with E-state index < -0.39 is 0 Å². The highest BCUT2D eigenvalue weighted by molar-refractivity contribution is 5.93. The minimum Gasteiger partial charge on any atom is -0.447 e. The van der Waals surface area contributed by atoms with E-state index in [-0.39, 0.29) is 17.2 Å². The topological polar surface area (TPSA) is 95.3 Å². The van der Waals surface area contributed by atoms with Crippen molar-refractivity contribution in [3.8, 4) is 0 Å². The number of aromatic nitrogens is 3. The number of hydrogen-bond donors (Lipinski definition) is 1. The minimum atomic E-state index is -0.0146. The predicted octanol–water partition coefficient (Wildman–Crippen LogP) is 2.36. The van der Waals surface area contributed by atoms with Crippen LogP contribution in [-0.4, -0.2) is 62.7 Å². The van der Waals surface area contributed by atoms with E-state index in [4.69, 9.17) is 4.42 Å². The zero-order chi connectivity index (χ0) is 19.8. The van der Waals surface area contributed by atoms with Gasteiger partial charge >= 0.3 is 0 Å². The molecule has 2 amide bonds. The molecule has 2 aliphatic heterocycles. The molecule has 1 N–H and O–H groups in total. The molecule has 2 aromatic rings. The van der Waals surface area contributed by atoms with Crippen LogP contribution in [0.4, 0.5) is 0 Å². The number of carbonyl (C=O) groups is 2. The molecule has 8 nitrogen and oxygen atoms in total. The number of piperidine rings is 2. The number of hydrogen-bond acceptors (Lipinski definition) is 5. The zero-order valence-electron chi connectivity index (χ0n) is 16.6. The third-order valence-corrected chi connectivity index (χ3v) is 6.65. The van der Waals surface area contributed by atoms with E-state index in [1.165, 1.54) is 6.39 Å². The number of amides is 2. The van der Waals surface area contributed by atoms with Crippen molar-refractivity contribution in [1.82, 2.24) is 24.8 Å². The molecule has 0 radical (unpaired) electrons. The molecule has 1 atom stereocenters. The van der Waals surface area contributed by atoms with E-state index in [0.29, 0.717) is 31.1 Å². The highest BCUT2D eigenvalue weighted by atomic mass is 16.3. The van der Waals surface area contributed by atoms with Gasteiger partial charge < -0.3 is 19.2 Å². The summed E-state index contributed by atoms with van der Waals surface area (Å²) in [5.74, 6) is 1.32. The maximum absolute atomic E-state index is 13.2. The lowest BCUT2D eigenvalue weighted by Crippen LogP contribution is -2.55. The number of rotatable bonds is 5. The fraction of sp³-hybridized carbons (Fsp3) is 0.619. The highest BCUT2D eigenvalue weighted by Crippen LogP contribution is 2.43. The summed E-state index contributed by atoms with van der Waals surface area (Å²) in [7, 11) is 0. The summed E-state index contributed by atoms with van der Waals surface area (Å²) in [6.07, 6.45) is 11.2. The number of H-pyrrole nitrogens is 1. The summed E-state index contributed by atoms with van der Waals surface area (Å²) in [6, 6.07) is 0. The van der Waals surface area contributed by atoms with Gasteiger partial charge in [0.05, 0.1) is 6.33 Å². The Bertz CT molecular complexity index is 888. The third-order valence-electron chi connectivity index (χ3n) is 6.65. The van der Waals surface area contributed by atoms with E-state index in [1.54, 1.807) is 12.5 Å². The Balaban J connectivity index is 1.27. The van der Waals surface area contributed by atoms with Crippen LogP contribution in [-0.2, 0) is 11.2 Å². The largest absolute Gasteiger partial charge is 0.447 e. The molecule has 0 aromatic carbocycles. The van der Waals surface area contributed by atoms with Gasteiger partial charge in [0.15, 0.2) is 12.1 Å². The molecular weight excluding hydrogens is 370 g/mol. The number of oxazole rings is 1. The van der Waals surface area contributed by atoms with Gasteiger partial charge in [-0.2, -0.15) is 0 Å². The Kier molecular flexibility index (Phi) is 4.64. The van der Waals surface area contributed by atoms with Gasteiger partial charge in [-0.25, -0.2) is 9.97 Å². The van der Waals surface area contributed by atoms with Crippen molar-refractivity contribution in [2.24, 2.45) is 5.41 Å². The summed E-state index contributed by atoms with van der Waals surface area (Å²) in [6.45, 7) is 2.85. The summed E-state index contributed by atoms with van der Waals surface area (Å²) < 4.78 is 5.52. The van der Waals surface area contributed by atoms with Crippen LogP contribution in [0.2, 0.25) is 0 Å². The molecule has 0 bridgehead atoms. The van der Waals surface area contributed by atoms with Gasteiger partial charge in [0.2, 0.25) is 5.91 Å². The van der Waals surface area contributed by atoms with Crippen molar-refractivity contribution in [1.29, 1.82) is 0 Å². The Labute approximate surface area is 169 Å². The molecule has 2 aromatic heterocycles. The molecule has 154 valence electrons. The minimum absolute atomic E-state index is 0.0133. The van der Waals surface area contributed by atoms with Gasteiger partial charge in [0.25, 0.3) is 5.91 Å². The van der Waals surface area contributed by atoms with Crippen LogP contribution in [0.5, 0.6) is 0 Å². The number of imidazole rings is 1. The molecule has 3 aliphatic rings. The predicted molar refractivity (Wildman–Crippen MR) is 104 cm³/mol. The maximum Gasteiger partial charge on any atom is 0.276 e. The van der Waals surface area contributed by atoms with Crippen molar-refractivity contribution in [2.75, 3.05) is 26.2 Å². The molecule has 1 saturated carbocycles. The van der Waals surface area contributed by atoms with Gasteiger partial charge in [0, 0.05) is 62.2 Å². The van der Waals surface area contributed by atoms with E-state index in [1.807, 2.05) is 9.80 Å². The Morgan fingerprint density at radius 3 is 3.00 bits per heavy atom. The van der Waals surface area contributed by atoms with E-state index in [2.05, 4.69) is 15.0 Å². The SMILES string of the molecule is O=C1CC[C@@]2(CCCN(C(=O)c3ncoc3C3CC3)C2)CN1CCc1cnc[nH]1. The molecule has 0 unspecified atom stereocenters. The first kappa shape index (κ1) is 18.4. The average molecular weight is 397 g/mol. The molecule has 2 saturated heterocycles. The number of carbonyl (C=O) groups excluding carboxylic acids is 2. The van der Waals surface area contributed by atoms with Crippen LogP contribution in [0, 0.1) is 5.41 Å². The average Bonchev–Trinajstić information content (AvgIpc) is 3.23. The molecule has 1 aliphatic carbocycles. The van der Waals surface area contributed by atoms with E-state index in [9.17, 15) is 9.59 Å². The van der Waals surface area contributed by atoms with Gasteiger partial charge in [-0.1, -0.05) is 0 Å². The smallest absolute Gasteiger partial charge is 0.276 e. The second-order valence-corrected chi connectivity index (χ2v) is 8.81. The second-order valence-electron chi connectivity index (χ2n) is 8.81. The maximum atomic E-state index is 13.2. The van der Waals surface area contributed by atoms with Gasteiger partial charge in [-0.15, -0.1) is 0 Å². The fourth-order valence-electron chi connectivity index (χ4n) is 4.90. The molecule has 3 fully saturated rings. The van der Waals surface area contributed by atoms with Crippen molar-refractivity contribution < 1.29 is 14.0 Å². The number of nitrogens with one attached hydrogen (secondary N) is 1. The van der Waals surface area contributed by atoms with Crippen molar-refractivity contribution in [3.05, 3.63) is 36.1 Å². The van der Waals surface area contributed by atoms with Crippen molar-refractivity contribution in [3.63, 3.8) is 0 Å². The number of nitrogens with zero attached hydrogens (tertiary/aromatic N) is 4. The highest BCUT2D eigenvalue weighted by Gasteiger charge is 2.44. The third kappa shape index (κ3) is 3.68. The number of aromatic amines is 1. The molecular formula is C21H27N5O3. The van der Waals surface area contributed by atoms with Crippen LogP contribution < -0.4 is 0 Å². The van der Waals surface area contributed by atoms with Crippen molar-refractivity contribution in [2.45, 2.75) is 50.9 Å². The zero-order valence-corrected chi connectivity index (χ0v) is 16.6. The monoisotopic (exact) mass is 397 g/mol. The first-order chi connectivity index (χ1) is 14.1. The first-order valence-electron chi connectivity index (χ1n) is 10.6. The van der Waals surface area contributed by atoms with Crippen molar-refractivity contribution >= 4 is 11.8 Å². The molecule has 4 heterocycles. The lowest BCUT2D eigenvalue weighted by atomic mass is 9.73. The Morgan fingerprint density at radius 2 is 2.21 bits per heavy atom. The van der Waals surface area contributed by atoms with Crippen LogP contribution in [0.25, 0.3) is 0 Å². The quantitative estimate of drug-likeness (QED) is 0.836. The van der Waals surface area contributed by atoms with Gasteiger partial charge in [0.1, 0.15) is 5.76 Å². The van der Waals surface area contributed by atoms with Crippen LogP contribution >= 0.6 is 0 Å². The van der Waals surface area contributed by atoms with Crippen LogP contribution in [0.1, 0.15) is 66.4 Å². The standard InChI is InChI=1S/C21H27N5O3/c27-17-4-7-21(11-25(17)9-5-16-10-22-13-23-16)6-1-8-26(12-21)20(28)18-19(15-2-3-15)29-14-24-18/h10,13-15H,1-9,11-12H2,(H,22,23)/t21-/m0/s1. The lowest BCUT2D eigenvalue weighted by Gasteiger charge is -2.48. The lowest BCUT2D eigenvalue weighted by molar-refractivity contribution is -0.138. The Morgan fingerprint density at radius 1 is 1.31 bits per heavy atom. The Hall–Kier alpha value is -2.64. The molecule has 8 heteroatoms. The summed E-state index contributed by atoms with van der Waals surface area (Å²) in [5.41, 5.74) is 1.52. The molecule has 29 heavy (non-hydrogen) atoms. The fourth-order valence-corrected chi connectivity index (χ4v) is 4.90. The first-order valence-corrected chi connectivity index (χ1v) is 10.6. The molecule has 5 rings (SSSR count). The molecule has 1 spiro atoms. The van der Waals surface area contributed by atoms with Crippen LogP contribution in [0.15, 0.2) is 23.3 Å².